The third-order valence-electron chi connectivity index (χ3n) is 6.03. The molecule has 0 atom stereocenters. The molecule has 0 aromatic heterocycles. The second-order valence-corrected chi connectivity index (χ2v) is 7.57. The third-order valence-corrected chi connectivity index (χ3v) is 6.03. The normalized spacial score (nSPS) is 25.9. The molecule has 0 spiro atoms. The average Bonchev–Trinajstić information content (AvgIpc) is 2.59. The predicted molar refractivity (Wildman–Crippen MR) is 87.1 cm³/mol. The Labute approximate surface area is 141 Å². The number of aryl methyl sites for hydroxylation is 1. The van der Waals surface area contributed by atoms with Crippen molar-refractivity contribution >= 4 is 5.78 Å². The van der Waals surface area contributed by atoms with Crippen molar-refractivity contribution in [1.82, 2.24) is 0 Å². The zero-order chi connectivity index (χ0) is 17.1. The monoisotopic (exact) mass is 338 g/mol. The predicted octanol–water partition coefficient (Wildman–Crippen LogP) is 5.60. The molecule has 132 valence electrons. The zero-order valence-electron chi connectivity index (χ0n) is 14.0. The van der Waals surface area contributed by atoms with Gasteiger partial charge in [0.15, 0.2) is 17.5 Å². The number of ketones is 1. The molecular weight excluding hydrogens is 313 g/mol. The molecule has 1 aromatic rings. The molecule has 0 aliphatic heterocycles. The molecule has 0 unspecified atom stereocenters. The lowest BCUT2D eigenvalue weighted by Gasteiger charge is -2.35. The van der Waals surface area contributed by atoms with Crippen LogP contribution in [0.15, 0.2) is 12.1 Å². The minimum atomic E-state index is -1.38. The van der Waals surface area contributed by atoms with Crippen LogP contribution in [0.4, 0.5) is 13.2 Å². The second kappa shape index (κ2) is 7.71. The molecule has 0 amide bonds. The summed E-state index contributed by atoms with van der Waals surface area (Å²) in [5, 5.41) is 0. The minimum Gasteiger partial charge on any atom is -0.300 e. The summed E-state index contributed by atoms with van der Waals surface area (Å²) < 4.78 is 39.5. The van der Waals surface area contributed by atoms with E-state index in [0.29, 0.717) is 29.6 Å². The highest BCUT2D eigenvalue weighted by Crippen LogP contribution is 2.40. The second-order valence-electron chi connectivity index (χ2n) is 7.57. The first kappa shape index (κ1) is 17.5. The number of hydrogen-bond donors (Lipinski definition) is 0. The Morgan fingerprint density at radius 1 is 0.833 bits per heavy atom. The molecule has 2 aliphatic carbocycles. The summed E-state index contributed by atoms with van der Waals surface area (Å²) in [5.74, 6) is -1.12. The lowest BCUT2D eigenvalue weighted by Crippen LogP contribution is -2.26. The first-order chi connectivity index (χ1) is 11.5. The SMILES string of the molecule is O=C1CCC(C2CCC(CCc3cc(F)c(F)c(F)c3)CC2)CC1. The first-order valence-electron chi connectivity index (χ1n) is 9.18. The number of rotatable bonds is 4. The highest BCUT2D eigenvalue weighted by atomic mass is 19.2. The van der Waals surface area contributed by atoms with Crippen molar-refractivity contribution in [3.63, 3.8) is 0 Å². The minimum absolute atomic E-state index is 0.415. The summed E-state index contributed by atoms with van der Waals surface area (Å²) >= 11 is 0. The lowest BCUT2D eigenvalue weighted by molar-refractivity contribution is -0.121. The Hall–Kier alpha value is -1.32. The van der Waals surface area contributed by atoms with Gasteiger partial charge in [-0.05, 0) is 74.0 Å². The van der Waals surface area contributed by atoms with Gasteiger partial charge in [0.25, 0.3) is 0 Å². The molecule has 0 radical (unpaired) electrons. The standard InChI is InChI=1S/C20H25F3O/c21-18-11-14(12-19(22)20(18)23)2-1-13-3-5-15(6-4-13)16-7-9-17(24)10-8-16/h11-13,15-16H,1-10H2. The van der Waals surface area contributed by atoms with E-state index in [2.05, 4.69) is 0 Å². The summed E-state index contributed by atoms with van der Waals surface area (Å²) in [6, 6.07) is 2.23. The van der Waals surface area contributed by atoms with E-state index in [1.807, 2.05) is 0 Å². The summed E-state index contributed by atoms with van der Waals surface area (Å²) in [7, 11) is 0. The van der Waals surface area contributed by atoms with Gasteiger partial charge in [-0.3, -0.25) is 4.79 Å². The fourth-order valence-corrected chi connectivity index (χ4v) is 4.50. The van der Waals surface area contributed by atoms with E-state index in [1.165, 1.54) is 12.8 Å². The van der Waals surface area contributed by atoms with Crippen LogP contribution in [0.3, 0.4) is 0 Å². The van der Waals surface area contributed by atoms with E-state index in [1.54, 1.807) is 0 Å². The van der Waals surface area contributed by atoms with E-state index in [4.69, 9.17) is 0 Å². The Morgan fingerprint density at radius 2 is 1.38 bits per heavy atom. The molecule has 24 heavy (non-hydrogen) atoms. The van der Waals surface area contributed by atoms with Crippen molar-refractivity contribution in [1.29, 1.82) is 0 Å². The first-order valence-corrected chi connectivity index (χ1v) is 9.18. The van der Waals surface area contributed by atoms with Crippen molar-refractivity contribution in [3.05, 3.63) is 35.1 Å². The van der Waals surface area contributed by atoms with E-state index in [9.17, 15) is 18.0 Å². The highest BCUT2D eigenvalue weighted by Gasteiger charge is 2.30. The zero-order valence-corrected chi connectivity index (χ0v) is 14.0. The number of hydrogen-bond acceptors (Lipinski definition) is 1. The Kier molecular flexibility index (Phi) is 5.62. The van der Waals surface area contributed by atoms with Gasteiger partial charge in [0.1, 0.15) is 5.78 Å². The molecule has 0 N–H and O–H groups in total. The summed E-state index contributed by atoms with van der Waals surface area (Å²) in [6.07, 6.45) is 9.85. The summed E-state index contributed by atoms with van der Waals surface area (Å²) in [4.78, 5) is 11.4. The van der Waals surface area contributed by atoms with Crippen LogP contribution in [0.2, 0.25) is 0 Å². The molecule has 3 rings (SSSR count). The quantitative estimate of drug-likeness (QED) is 0.653. The molecule has 0 heterocycles. The molecule has 1 aromatic carbocycles. The summed E-state index contributed by atoms with van der Waals surface area (Å²) in [6.45, 7) is 0. The van der Waals surface area contributed by atoms with Crippen LogP contribution in [0.1, 0.15) is 63.4 Å². The maximum Gasteiger partial charge on any atom is 0.194 e. The molecular formula is C20H25F3O. The van der Waals surface area contributed by atoms with Gasteiger partial charge in [-0.25, -0.2) is 13.2 Å². The molecule has 2 aliphatic rings. The van der Waals surface area contributed by atoms with Crippen LogP contribution in [0.25, 0.3) is 0 Å². The molecule has 0 saturated heterocycles. The van der Waals surface area contributed by atoms with Gasteiger partial charge in [0, 0.05) is 12.8 Å². The number of Topliss-reactive ketones (excluding diaryl/α,β-unsaturated/α-hetero) is 1. The highest BCUT2D eigenvalue weighted by molar-refractivity contribution is 5.79. The van der Waals surface area contributed by atoms with Crippen LogP contribution in [-0.2, 0) is 11.2 Å². The van der Waals surface area contributed by atoms with Crippen molar-refractivity contribution < 1.29 is 18.0 Å². The van der Waals surface area contributed by atoms with Crippen molar-refractivity contribution in [3.8, 4) is 0 Å². The van der Waals surface area contributed by atoms with Crippen LogP contribution >= 0.6 is 0 Å². The molecule has 1 nitrogen and oxygen atoms in total. The van der Waals surface area contributed by atoms with Gasteiger partial charge < -0.3 is 0 Å². The van der Waals surface area contributed by atoms with E-state index >= 15 is 0 Å². The molecule has 4 heteroatoms. The van der Waals surface area contributed by atoms with Crippen LogP contribution in [-0.4, -0.2) is 5.78 Å². The van der Waals surface area contributed by atoms with Gasteiger partial charge in [0.05, 0.1) is 0 Å². The Balaban J connectivity index is 1.45. The molecule has 2 saturated carbocycles. The maximum absolute atomic E-state index is 13.3. The van der Waals surface area contributed by atoms with Crippen LogP contribution in [0, 0.1) is 35.2 Å². The van der Waals surface area contributed by atoms with Gasteiger partial charge in [0.2, 0.25) is 0 Å². The van der Waals surface area contributed by atoms with Crippen molar-refractivity contribution in [2.45, 2.75) is 64.2 Å². The van der Waals surface area contributed by atoms with Gasteiger partial charge >= 0.3 is 0 Å². The van der Waals surface area contributed by atoms with E-state index in [0.717, 1.165) is 63.0 Å². The molecule has 0 bridgehead atoms. The van der Waals surface area contributed by atoms with Gasteiger partial charge in [-0.1, -0.05) is 12.8 Å². The maximum atomic E-state index is 13.3. The summed E-state index contributed by atoms with van der Waals surface area (Å²) in [5.41, 5.74) is 0.541. The van der Waals surface area contributed by atoms with Gasteiger partial charge in [-0.2, -0.15) is 0 Å². The number of halogens is 3. The fraction of sp³-hybridized carbons (Fsp3) is 0.650. The number of carbonyl (C=O) groups is 1. The lowest BCUT2D eigenvalue weighted by atomic mass is 9.70. The topological polar surface area (TPSA) is 17.1 Å². The fourth-order valence-electron chi connectivity index (χ4n) is 4.50. The van der Waals surface area contributed by atoms with Crippen molar-refractivity contribution in [2.24, 2.45) is 17.8 Å². The Bertz CT molecular complexity index is 558. The van der Waals surface area contributed by atoms with Crippen LogP contribution < -0.4 is 0 Å². The largest absolute Gasteiger partial charge is 0.300 e. The average molecular weight is 338 g/mol. The van der Waals surface area contributed by atoms with Crippen LogP contribution in [0.5, 0.6) is 0 Å². The van der Waals surface area contributed by atoms with E-state index in [-0.39, 0.29) is 0 Å². The third kappa shape index (κ3) is 4.20. The number of benzene rings is 1. The van der Waals surface area contributed by atoms with E-state index < -0.39 is 17.5 Å². The smallest absolute Gasteiger partial charge is 0.194 e. The number of carbonyl (C=O) groups excluding carboxylic acids is 1. The van der Waals surface area contributed by atoms with Gasteiger partial charge in [-0.15, -0.1) is 0 Å². The Morgan fingerprint density at radius 3 is 1.96 bits per heavy atom. The molecule has 2 fully saturated rings. The van der Waals surface area contributed by atoms with Crippen molar-refractivity contribution in [2.75, 3.05) is 0 Å².